The number of rotatable bonds is 3. The lowest BCUT2D eigenvalue weighted by Crippen LogP contribution is -2.46. The number of sulfone groups is 1. The number of allylic oxidation sites excluding steroid dienone is 1. The molecule has 0 aromatic rings. The lowest BCUT2D eigenvalue weighted by atomic mass is 10.1. The molecule has 0 aromatic carbocycles. The minimum atomic E-state index is -2.95. The first kappa shape index (κ1) is 11.4. The van der Waals surface area contributed by atoms with Crippen molar-refractivity contribution in [2.45, 2.75) is 19.4 Å². The molecule has 5 heteroatoms. The van der Waals surface area contributed by atoms with Gasteiger partial charge in [-0.1, -0.05) is 6.58 Å². The van der Waals surface area contributed by atoms with E-state index in [2.05, 4.69) is 11.9 Å². The molecule has 0 spiro atoms. The largest absolute Gasteiger partial charge is 0.312 e. The zero-order valence-electron chi connectivity index (χ0n) is 8.25. The summed E-state index contributed by atoms with van der Waals surface area (Å²) < 4.78 is 22.5. The first-order valence-electron chi connectivity index (χ1n) is 4.53. The third-order valence-electron chi connectivity index (χ3n) is 2.21. The van der Waals surface area contributed by atoms with Crippen molar-refractivity contribution in [3.63, 3.8) is 0 Å². The molecule has 0 saturated carbocycles. The Morgan fingerprint density at radius 1 is 1.57 bits per heavy atom. The number of nitrogens with one attached hydrogen (secondary N) is 1. The van der Waals surface area contributed by atoms with Gasteiger partial charge in [-0.15, -0.1) is 0 Å². The van der Waals surface area contributed by atoms with Crippen LogP contribution in [-0.4, -0.2) is 38.3 Å². The average molecular weight is 217 g/mol. The Hall–Kier alpha value is -0.680. The van der Waals surface area contributed by atoms with Crippen LogP contribution in [0.25, 0.3) is 0 Å². The number of hydrogen-bond acceptors (Lipinski definition) is 4. The van der Waals surface area contributed by atoms with Gasteiger partial charge in [0.2, 0.25) is 0 Å². The van der Waals surface area contributed by atoms with Crippen LogP contribution in [0.1, 0.15) is 13.3 Å². The van der Waals surface area contributed by atoms with Gasteiger partial charge in [0.25, 0.3) is 0 Å². The molecule has 1 atom stereocenters. The summed E-state index contributed by atoms with van der Waals surface area (Å²) in [7, 11) is -2.95. The second-order valence-electron chi connectivity index (χ2n) is 3.67. The van der Waals surface area contributed by atoms with Crippen LogP contribution in [0, 0.1) is 0 Å². The number of hydrogen-bond donors (Lipinski definition) is 1. The lowest BCUT2D eigenvalue weighted by Gasteiger charge is -2.22. The Morgan fingerprint density at radius 3 is 2.71 bits per heavy atom. The van der Waals surface area contributed by atoms with E-state index in [9.17, 15) is 13.2 Å². The molecule has 0 aliphatic carbocycles. The highest BCUT2D eigenvalue weighted by molar-refractivity contribution is 7.91. The van der Waals surface area contributed by atoms with Crippen LogP contribution in [0.5, 0.6) is 0 Å². The molecule has 1 aliphatic rings. The highest BCUT2D eigenvalue weighted by atomic mass is 32.2. The van der Waals surface area contributed by atoms with E-state index < -0.39 is 9.84 Å². The normalized spacial score (nSPS) is 25.6. The van der Waals surface area contributed by atoms with Gasteiger partial charge in [-0.3, -0.25) is 4.79 Å². The van der Waals surface area contributed by atoms with Crippen LogP contribution in [-0.2, 0) is 14.6 Å². The Balaban J connectivity index is 2.54. The quantitative estimate of drug-likeness (QED) is 0.671. The molecule has 1 unspecified atom stereocenters. The van der Waals surface area contributed by atoms with E-state index in [-0.39, 0.29) is 29.8 Å². The third kappa shape index (κ3) is 3.23. The van der Waals surface area contributed by atoms with E-state index in [4.69, 9.17) is 0 Å². The van der Waals surface area contributed by atoms with Gasteiger partial charge in [-0.25, -0.2) is 8.42 Å². The van der Waals surface area contributed by atoms with Gasteiger partial charge >= 0.3 is 0 Å². The summed E-state index contributed by atoms with van der Waals surface area (Å²) in [5.74, 6) is 0.163. The Kier molecular flexibility index (Phi) is 3.44. The summed E-state index contributed by atoms with van der Waals surface area (Å²) in [6.07, 6.45) is 0.231. The number of carbonyl (C=O) groups excluding carboxylic acids is 1. The predicted octanol–water partition coefficient (Wildman–Crippen LogP) is -0.0917. The van der Waals surface area contributed by atoms with Crippen molar-refractivity contribution in [2.24, 2.45) is 0 Å². The smallest absolute Gasteiger partial charge is 0.159 e. The van der Waals surface area contributed by atoms with Crippen molar-refractivity contribution < 1.29 is 13.2 Å². The molecule has 1 rings (SSSR count). The fourth-order valence-corrected chi connectivity index (χ4v) is 2.84. The first-order valence-corrected chi connectivity index (χ1v) is 6.35. The predicted molar refractivity (Wildman–Crippen MR) is 54.9 cm³/mol. The molecule has 1 N–H and O–H groups in total. The maximum absolute atomic E-state index is 11.3. The molecule has 80 valence electrons. The lowest BCUT2D eigenvalue weighted by molar-refractivity contribution is -0.115. The summed E-state index contributed by atoms with van der Waals surface area (Å²) >= 11 is 0. The van der Waals surface area contributed by atoms with Gasteiger partial charge in [0.05, 0.1) is 11.5 Å². The Labute approximate surface area is 84.3 Å². The van der Waals surface area contributed by atoms with E-state index in [1.165, 1.54) is 0 Å². The second kappa shape index (κ2) is 4.23. The van der Waals surface area contributed by atoms with Gasteiger partial charge in [0.1, 0.15) is 0 Å². The summed E-state index contributed by atoms with van der Waals surface area (Å²) in [6, 6.07) is -0.238. The molecule has 0 radical (unpaired) electrons. The summed E-state index contributed by atoms with van der Waals surface area (Å²) in [4.78, 5) is 11.3. The van der Waals surface area contributed by atoms with Crippen molar-refractivity contribution in [1.29, 1.82) is 0 Å². The van der Waals surface area contributed by atoms with Crippen LogP contribution >= 0.6 is 0 Å². The maximum atomic E-state index is 11.3. The van der Waals surface area contributed by atoms with Crippen molar-refractivity contribution in [3.8, 4) is 0 Å². The van der Waals surface area contributed by atoms with Gasteiger partial charge in [-0.05, 0) is 12.5 Å². The van der Waals surface area contributed by atoms with Gasteiger partial charge < -0.3 is 5.32 Å². The molecule has 0 bridgehead atoms. The SMILES string of the molecule is C=C(C)C(=O)CC1CS(=O)(=O)CCN1. The summed E-state index contributed by atoms with van der Waals surface area (Å²) in [5, 5.41) is 3.02. The molecule has 0 amide bonds. The molecule has 0 aromatic heterocycles. The second-order valence-corrected chi connectivity index (χ2v) is 5.90. The molecule has 1 aliphatic heterocycles. The van der Waals surface area contributed by atoms with Gasteiger partial charge in [-0.2, -0.15) is 0 Å². The van der Waals surface area contributed by atoms with E-state index >= 15 is 0 Å². The zero-order valence-corrected chi connectivity index (χ0v) is 9.06. The standard InChI is InChI=1S/C9H15NO3S/c1-7(2)9(11)5-8-6-14(12,13)4-3-10-8/h8,10H,1,3-6H2,2H3. The molecule has 4 nitrogen and oxygen atoms in total. The van der Waals surface area contributed by atoms with Crippen molar-refractivity contribution >= 4 is 15.6 Å². The minimum Gasteiger partial charge on any atom is -0.312 e. The molecular formula is C9H15NO3S. The monoisotopic (exact) mass is 217 g/mol. The fraction of sp³-hybridized carbons (Fsp3) is 0.667. The number of Topliss-reactive ketones (excluding diaryl/α,β-unsaturated/α-hetero) is 1. The van der Waals surface area contributed by atoms with Gasteiger partial charge in [0.15, 0.2) is 15.6 Å². The van der Waals surface area contributed by atoms with Crippen molar-refractivity contribution in [3.05, 3.63) is 12.2 Å². The maximum Gasteiger partial charge on any atom is 0.159 e. The molecule has 1 heterocycles. The van der Waals surface area contributed by atoms with Crippen LogP contribution in [0.4, 0.5) is 0 Å². The highest BCUT2D eigenvalue weighted by Crippen LogP contribution is 2.07. The zero-order chi connectivity index (χ0) is 10.8. The van der Waals surface area contributed by atoms with Crippen LogP contribution < -0.4 is 5.32 Å². The van der Waals surface area contributed by atoms with Crippen LogP contribution in [0.2, 0.25) is 0 Å². The van der Waals surface area contributed by atoms with E-state index in [1.807, 2.05) is 0 Å². The summed E-state index contributed by atoms with van der Waals surface area (Å²) in [5.41, 5.74) is 0.481. The van der Waals surface area contributed by atoms with E-state index in [1.54, 1.807) is 6.92 Å². The topological polar surface area (TPSA) is 63.2 Å². The molecular weight excluding hydrogens is 202 g/mol. The van der Waals surface area contributed by atoms with Crippen LogP contribution in [0.3, 0.4) is 0 Å². The molecule has 1 fully saturated rings. The Morgan fingerprint density at radius 2 is 2.21 bits per heavy atom. The Bertz CT molecular complexity index is 345. The fourth-order valence-electron chi connectivity index (χ4n) is 1.40. The highest BCUT2D eigenvalue weighted by Gasteiger charge is 2.25. The molecule has 1 saturated heterocycles. The third-order valence-corrected chi connectivity index (χ3v) is 3.95. The van der Waals surface area contributed by atoms with Crippen molar-refractivity contribution in [2.75, 3.05) is 18.1 Å². The minimum absolute atomic E-state index is 0.0615. The van der Waals surface area contributed by atoms with Crippen molar-refractivity contribution in [1.82, 2.24) is 5.32 Å². The molecule has 14 heavy (non-hydrogen) atoms. The van der Waals surface area contributed by atoms with Crippen LogP contribution in [0.15, 0.2) is 12.2 Å². The average Bonchev–Trinajstić information content (AvgIpc) is 2.01. The number of ketones is 1. The first-order chi connectivity index (χ1) is 6.41. The van der Waals surface area contributed by atoms with E-state index in [0.29, 0.717) is 12.1 Å². The van der Waals surface area contributed by atoms with Gasteiger partial charge in [0, 0.05) is 19.0 Å². The number of carbonyl (C=O) groups is 1. The van der Waals surface area contributed by atoms with E-state index in [0.717, 1.165) is 0 Å². The summed E-state index contributed by atoms with van der Waals surface area (Å²) in [6.45, 7) is 5.61.